The maximum absolute atomic E-state index is 4.01. The molecule has 1 saturated heterocycles. The molecule has 3 atom stereocenters. The molecule has 0 spiro atoms. The summed E-state index contributed by atoms with van der Waals surface area (Å²) in [6, 6.07) is 2.32. The van der Waals surface area contributed by atoms with E-state index in [1.807, 2.05) is 0 Å². The molecule has 2 nitrogen and oxygen atoms in total. The quantitative estimate of drug-likeness (QED) is 0.784. The summed E-state index contributed by atoms with van der Waals surface area (Å²) < 4.78 is 0. The van der Waals surface area contributed by atoms with Crippen LogP contribution in [0, 0.1) is 5.92 Å². The Kier molecular flexibility index (Phi) is 6.83. The van der Waals surface area contributed by atoms with Gasteiger partial charge in [0, 0.05) is 31.2 Å². The van der Waals surface area contributed by atoms with Crippen LogP contribution < -0.4 is 5.32 Å². The van der Waals surface area contributed by atoms with Crippen molar-refractivity contribution in [1.29, 1.82) is 0 Å². The van der Waals surface area contributed by atoms with Gasteiger partial charge in [0.1, 0.15) is 0 Å². The highest BCUT2D eigenvalue weighted by Crippen LogP contribution is 2.25. The van der Waals surface area contributed by atoms with E-state index in [4.69, 9.17) is 0 Å². The van der Waals surface area contributed by atoms with Gasteiger partial charge in [-0.2, -0.15) is 0 Å². The Morgan fingerprint density at radius 2 is 1.80 bits per heavy atom. The second-order valence-corrected chi connectivity index (χ2v) is 7.30. The van der Waals surface area contributed by atoms with Crippen molar-refractivity contribution in [1.82, 2.24) is 10.2 Å². The Balaban J connectivity index is 1.88. The summed E-state index contributed by atoms with van der Waals surface area (Å²) >= 11 is 0. The normalized spacial score (nSPS) is 31.4. The van der Waals surface area contributed by atoms with E-state index in [0.717, 1.165) is 24.0 Å². The fraction of sp³-hybridized carbons (Fsp3) is 1.00. The van der Waals surface area contributed by atoms with Crippen molar-refractivity contribution in [2.24, 2.45) is 5.92 Å². The Hall–Kier alpha value is -0.0800. The lowest BCUT2D eigenvalue weighted by Gasteiger charge is -2.42. The first kappa shape index (κ1) is 16.3. The second kappa shape index (κ2) is 8.38. The molecule has 2 aliphatic rings. The first-order valence-electron chi connectivity index (χ1n) is 9.23. The molecule has 1 N–H and O–H groups in total. The summed E-state index contributed by atoms with van der Waals surface area (Å²) in [7, 11) is 0. The molecule has 2 fully saturated rings. The van der Waals surface area contributed by atoms with Crippen molar-refractivity contribution in [3.05, 3.63) is 0 Å². The number of hydrogen-bond acceptors (Lipinski definition) is 2. The molecule has 1 aliphatic heterocycles. The summed E-state index contributed by atoms with van der Waals surface area (Å²) in [6.45, 7) is 9.70. The number of hydrogen-bond donors (Lipinski definition) is 1. The Morgan fingerprint density at radius 1 is 1.05 bits per heavy atom. The summed E-state index contributed by atoms with van der Waals surface area (Å²) in [5, 5.41) is 4.01. The van der Waals surface area contributed by atoms with Gasteiger partial charge < -0.3 is 5.32 Å². The topological polar surface area (TPSA) is 15.3 Å². The fourth-order valence-corrected chi connectivity index (χ4v) is 4.20. The van der Waals surface area contributed by atoms with Gasteiger partial charge >= 0.3 is 0 Å². The first-order chi connectivity index (χ1) is 9.72. The number of rotatable bonds is 6. The lowest BCUT2D eigenvalue weighted by atomic mass is 9.88. The molecule has 0 amide bonds. The SMILES string of the molecule is CCCC1CC(NC2CCCCC2)CN(C(C)CC)C1. The van der Waals surface area contributed by atoms with Crippen LogP contribution in [0.4, 0.5) is 0 Å². The molecule has 0 bridgehead atoms. The minimum Gasteiger partial charge on any atom is -0.310 e. The van der Waals surface area contributed by atoms with Crippen molar-refractivity contribution in [3.8, 4) is 0 Å². The van der Waals surface area contributed by atoms with Crippen LogP contribution in [0.2, 0.25) is 0 Å². The zero-order valence-electron chi connectivity index (χ0n) is 14.0. The van der Waals surface area contributed by atoms with Gasteiger partial charge in [0.15, 0.2) is 0 Å². The van der Waals surface area contributed by atoms with Crippen LogP contribution in [0.15, 0.2) is 0 Å². The molecule has 2 rings (SSSR count). The van der Waals surface area contributed by atoms with Gasteiger partial charge in [-0.25, -0.2) is 0 Å². The largest absolute Gasteiger partial charge is 0.310 e. The lowest BCUT2D eigenvalue weighted by Crippen LogP contribution is -2.54. The lowest BCUT2D eigenvalue weighted by molar-refractivity contribution is 0.0912. The molecule has 1 saturated carbocycles. The van der Waals surface area contributed by atoms with E-state index in [9.17, 15) is 0 Å². The third kappa shape index (κ3) is 4.73. The van der Waals surface area contributed by atoms with Crippen LogP contribution in [0.5, 0.6) is 0 Å². The minimum atomic E-state index is 0.748. The molecular formula is C18H36N2. The maximum atomic E-state index is 4.01. The zero-order chi connectivity index (χ0) is 14.4. The Morgan fingerprint density at radius 3 is 2.45 bits per heavy atom. The molecule has 1 aliphatic carbocycles. The van der Waals surface area contributed by atoms with Gasteiger partial charge in [0.2, 0.25) is 0 Å². The van der Waals surface area contributed by atoms with Gasteiger partial charge in [0.05, 0.1) is 0 Å². The van der Waals surface area contributed by atoms with Crippen molar-refractivity contribution in [3.63, 3.8) is 0 Å². The number of nitrogens with one attached hydrogen (secondary N) is 1. The predicted molar refractivity (Wildman–Crippen MR) is 88.1 cm³/mol. The fourth-order valence-electron chi connectivity index (χ4n) is 4.20. The number of likely N-dealkylation sites (tertiary alicyclic amines) is 1. The summed E-state index contributed by atoms with van der Waals surface area (Å²) in [5.74, 6) is 0.920. The Labute approximate surface area is 126 Å². The van der Waals surface area contributed by atoms with Crippen LogP contribution >= 0.6 is 0 Å². The van der Waals surface area contributed by atoms with Crippen molar-refractivity contribution in [2.75, 3.05) is 13.1 Å². The van der Waals surface area contributed by atoms with Crippen LogP contribution in [-0.2, 0) is 0 Å². The van der Waals surface area contributed by atoms with E-state index in [1.54, 1.807) is 0 Å². The minimum absolute atomic E-state index is 0.748. The van der Waals surface area contributed by atoms with Gasteiger partial charge in [-0.1, -0.05) is 39.5 Å². The van der Waals surface area contributed by atoms with E-state index in [-0.39, 0.29) is 0 Å². The molecule has 1 heterocycles. The number of piperidine rings is 1. The molecule has 20 heavy (non-hydrogen) atoms. The molecule has 0 radical (unpaired) electrons. The summed E-state index contributed by atoms with van der Waals surface area (Å²) in [4.78, 5) is 2.75. The van der Waals surface area contributed by atoms with Crippen LogP contribution in [0.25, 0.3) is 0 Å². The number of nitrogens with zero attached hydrogens (tertiary/aromatic N) is 1. The molecule has 0 aromatic heterocycles. The molecule has 2 heteroatoms. The highest BCUT2D eigenvalue weighted by molar-refractivity contribution is 4.88. The summed E-state index contributed by atoms with van der Waals surface area (Å²) in [5.41, 5.74) is 0. The highest BCUT2D eigenvalue weighted by Gasteiger charge is 2.30. The van der Waals surface area contributed by atoms with Gasteiger partial charge in [-0.05, 0) is 44.9 Å². The summed E-state index contributed by atoms with van der Waals surface area (Å²) in [6.07, 6.45) is 12.6. The average Bonchev–Trinajstić information content (AvgIpc) is 2.47. The molecular weight excluding hydrogens is 244 g/mol. The molecule has 0 aromatic carbocycles. The van der Waals surface area contributed by atoms with Crippen molar-refractivity contribution in [2.45, 2.75) is 96.7 Å². The molecule has 118 valence electrons. The smallest absolute Gasteiger partial charge is 0.0200 e. The van der Waals surface area contributed by atoms with Crippen LogP contribution in [-0.4, -0.2) is 36.1 Å². The monoisotopic (exact) mass is 280 g/mol. The first-order valence-corrected chi connectivity index (χ1v) is 9.23. The van der Waals surface area contributed by atoms with E-state index < -0.39 is 0 Å². The van der Waals surface area contributed by atoms with E-state index in [1.165, 1.54) is 70.9 Å². The average molecular weight is 280 g/mol. The van der Waals surface area contributed by atoms with Crippen LogP contribution in [0.1, 0.15) is 78.6 Å². The van der Waals surface area contributed by atoms with Crippen molar-refractivity contribution >= 4 is 0 Å². The highest BCUT2D eigenvalue weighted by atomic mass is 15.2. The third-order valence-electron chi connectivity index (χ3n) is 5.55. The second-order valence-electron chi connectivity index (χ2n) is 7.30. The maximum Gasteiger partial charge on any atom is 0.0200 e. The van der Waals surface area contributed by atoms with E-state index in [0.29, 0.717) is 0 Å². The van der Waals surface area contributed by atoms with Gasteiger partial charge in [-0.3, -0.25) is 4.90 Å². The van der Waals surface area contributed by atoms with Crippen molar-refractivity contribution < 1.29 is 0 Å². The predicted octanol–water partition coefficient (Wildman–Crippen LogP) is 4.20. The standard InChI is InChI=1S/C18H36N2/c1-4-9-16-12-18(14-20(13-16)15(3)5-2)19-17-10-7-6-8-11-17/h15-19H,4-14H2,1-3H3. The van der Waals surface area contributed by atoms with E-state index >= 15 is 0 Å². The van der Waals surface area contributed by atoms with Gasteiger partial charge in [0.25, 0.3) is 0 Å². The molecule has 3 unspecified atom stereocenters. The van der Waals surface area contributed by atoms with Crippen LogP contribution in [0.3, 0.4) is 0 Å². The Bertz CT molecular complexity index is 258. The van der Waals surface area contributed by atoms with Gasteiger partial charge in [-0.15, -0.1) is 0 Å². The van der Waals surface area contributed by atoms with E-state index in [2.05, 4.69) is 31.0 Å². The third-order valence-corrected chi connectivity index (χ3v) is 5.55. The molecule has 0 aromatic rings. The zero-order valence-corrected chi connectivity index (χ0v) is 14.0.